The van der Waals surface area contributed by atoms with E-state index < -0.39 is 83.8 Å². The maximum Gasteiger partial charge on any atom is 0.481 e. The van der Waals surface area contributed by atoms with Crippen molar-refractivity contribution in [3.8, 4) is 0 Å². The Kier molecular flexibility index (Phi) is 16.7. The molecular formula is C48H75N7O15P2. The largest absolute Gasteiger partial charge is 0.481 e. The maximum absolute atomic E-state index is 12.4. The van der Waals surface area contributed by atoms with Gasteiger partial charge in [-0.05, 0) is 104 Å². The quantitative estimate of drug-likeness (QED) is 0.103. The number of amides is 1. The summed E-state index contributed by atoms with van der Waals surface area (Å²) in [5.74, 6) is 6.16. The van der Waals surface area contributed by atoms with Crippen LogP contribution in [0.4, 0.5) is 5.82 Å². The molecular weight excluding hydrogens is 977 g/mol. The lowest BCUT2D eigenvalue weighted by Crippen LogP contribution is -2.53. The van der Waals surface area contributed by atoms with Gasteiger partial charge in [0.2, 0.25) is 5.91 Å². The van der Waals surface area contributed by atoms with Crippen LogP contribution < -0.4 is 11.5 Å². The molecule has 72 heavy (non-hydrogen) atoms. The highest BCUT2D eigenvalue weighted by Gasteiger charge is 2.60. The number of carbonyl (C=O) groups is 2. The van der Waals surface area contributed by atoms with Gasteiger partial charge >= 0.3 is 15.6 Å². The molecule has 4 saturated carbocycles. The molecule has 0 bridgehead atoms. The number of aliphatic hydroxyl groups excluding tert-OH is 4. The fourth-order valence-electron chi connectivity index (χ4n) is 13.7. The minimum absolute atomic E-state index is 0.0517. The lowest BCUT2D eigenvalue weighted by Gasteiger charge is -2.60. The van der Waals surface area contributed by atoms with E-state index in [1.54, 1.807) is 6.08 Å². The Bertz CT molecular complexity index is 2440. The van der Waals surface area contributed by atoms with Crippen molar-refractivity contribution in [3.05, 3.63) is 36.7 Å². The molecule has 4 aliphatic carbocycles. The van der Waals surface area contributed by atoms with Crippen LogP contribution in [0.3, 0.4) is 0 Å². The molecule has 0 radical (unpaired) electrons. The first-order chi connectivity index (χ1) is 33.9. The fraction of sp³-hybridized carbons (Fsp3) is 0.771. The van der Waals surface area contributed by atoms with Crippen molar-refractivity contribution in [3.63, 3.8) is 0 Å². The summed E-state index contributed by atoms with van der Waals surface area (Å²) in [5, 5.41) is 41.6. The molecule has 1 amide bonds. The number of aromatic nitrogens is 4. The van der Waals surface area contributed by atoms with E-state index in [0.717, 1.165) is 54.7 Å². The summed E-state index contributed by atoms with van der Waals surface area (Å²) in [5.41, 5.74) is 12.7. The van der Waals surface area contributed by atoms with Gasteiger partial charge in [-0.3, -0.25) is 23.2 Å². The number of nitrogen functional groups attached to an aromatic ring is 1. The van der Waals surface area contributed by atoms with E-state index in [2.05, 4.69) is 53.9 Å². The number of nitrogens with zero attached hydrogens (tertiary/aromatic N) is 5. The number of phosphoric acid groups is 2. The normalized spacial score (nSPS) is 38.6. The van der Waals surface area contributed by atoms with Crippen molar-refractivity contribution in [1.82, 2.24) is 24.4 Å². The standard InChI is InChI=1S/C27H46O.C21H29N7O14P2/c1-18(2)7-6-8-19(3)23-11-12-24-22-10-9-20-17-21(28)13-15-26(20,4)25(22)14-16-27(23,24)5;22-17-12-19(25-7-24-17)28(8-26-12)21-16(32)14(30)11(41-21)6-39-44(36,37)42-43(34,35)38-5-10-13(29)15(31)20(40-10)27-3-1-2-9(4-27)18(23)33/h18-20,22-25H,6-17H2,1-5H3;1,3-4,7-8,10-11,13-16,20-21,29-32H,2,5-6H2,(H2,23,33)(H,34,35)(H,36,37)(H2,22,24,25)/t19-,20-,22+,23-,24+,25+,26+,27-;10-,11-,13-,14-,15-,16-,20-,21-/m11/s1. The zero-order valence-corrected chi connectivity index (χ0v) is 43.6. The summed E-state index contributed by atoms with van der Waals surface area (Å²) in [6.07, 6.45) is 11.0. The maximum atomic E-state index is 12.4. The van der Waals surface area contributed by atoms with Crippen LogP contribution in [0.15, 0.2) is 36.7 Å². The Balaban J connectivity index is 0.000000212. The predicted molar refractivity (Wildman–Crippen MR) is 260 cm³/mol. The Labute approximate surface area is 420 Å². The van der Waals surface area contributed by atoms with Gasteiger partial charge in [0.25, 0.3) is 0 Å². The topological polar surface area (TPSA) is 335 Å². The molecule has 9 rings (SSSR count). The third-order valence-electron chi connectivity index (χ3n) is 17.6. The Hall–Kier alpha value is -3.21. The van der Waals surface area contributed by atoms with Crippen LogP contribution in [0, 0.1) is 52.3 Å². The third-order valence-corrected chi connectivity index (χ3v) is 20.2. The van der Waals surface area contributed by atoms with E-state index in [1.807, 2.05) is 0 Å². The zero-order chi connectivity index (χ0) is 52.1. The van der Waals surface area contributed by atoms with Crippen LogP contribution in [0.5, 0.6) is 0 Å². The van der Waals surface area contributed by atoms with Gasteiger partial charge in [0, 0.05) is 30.8 Å². The second kappa shape index (κ2) is 21.8. The smallest absolute Gasteiger partial charge is 0.387 e. The molecule has 18 atom stereocenters. The van der Waals surface area contributed by atoms with Crippen molar-refractivity contribution < 1.29 is 71.8 Å². The number of ketones is 1. The minimum Gasteiger partial charge on any atom is -0.387 e. The van der Waals surface area contributed by atoms with Crippen LogP contribution in [0.2, 0.25) is 0 Å². The number of Topliss-reactive ketones (excluding diaryl/α,β-unsaturated/α-hetero) is 1. The molecule has 402 valence electrons. The first-order valence-corrected chi connectivity index (χ1v) is 28.5. The Morgan fingerprint density at radius 3 is 2.18 bits per heavy atom. The van der Waals surface area contributed by atoms with Crippen LogP contribution >= 0.6 is 15.6 Å². The molecule has 7 aliphatic rings. The van der Waals surface area contributed by atoms with Gasteiger partial charge in [-0.1, -0.05) is 60.0 Å². The molecule has 5 heterocycles. The van der Waals surface area contributed by atoms with Gasteiger partial charge in [0.15, 0.2) is 23.9 Å². The summed E-state index contributed by atoms with van der Waals surface area (Å²) in [6.45, 7) is 10.8. The van der Waals surface area contributed by atoms with E-state index in [0.29, 0.717) is 22.5 Å². The van der Waals surface area contributed by atoms with Gasteiger partial charge in [0.1, 0.15) is 54.3 Å². The second-order valence-electron chi connectivity index (χ2n) is 22.3. The van der Waals surface area contributed by atoms with Crippen LogP contribution in [0.25, 0.3) is 11.2 Å². The number of ether oxygens (including phenoxy) is 2. The van der Waals surface area contributed by atoms with Crippen LogP contribution in [-0.2, 0) is 41.6 Å². The molecule has 0 spiro atoms. The number of nitrogens with two attached hydrogens (primary N) is 2. The van der Waals surface area contributed by atoms with Crippen LogP contribution in [-0.4, -0.2) is 122 Å². The first kappa shape index (κ1) is 55.0. The zero-order valence-electron chi connectivity index (χ0n) is 41.8. The number of phosphoric ester groups is 2. The Morgan fingerprint density at radius 1 is 0.861 bits per heavy atom. The molecule has 10 N–H and O–H groups in total. The molecule has 0 aromatic carbocycles. The number of anilines is 1. The lowest BCUT2D eigenvalue weighted by atomic mass is 9.44. The van der Waals surface area contributed by atoms with Gasteiger partial charge in [-0.15, -0.1) is 0 Å². The van der Waals surface area contributed by atoms with Crippen molar-refractivity contribution >= 4 is 44.3 Å². The lowest BCUT2D eigenvalue weighted by molar-refractivity contribution is -0.140. The summed E-state index contributed by atoms with van der Waals surface area (Å²) in [7, 11) is -10.7. The molecule has 2 unspecified atom stereocenters. The number of primary amides is 1. The molecule has 24 heteroatoms. The van der Waals surface area contributed by atoms with Crippen molar-refractivity contribution in [2.75, 3.05) is 18.9 Å². The summed E-state index contributed by atoms with van der Waals surface area (Å²) >= 11 is 0. The highest BCUT2D eigenvalue weighted by molar-refractivity contribution is 7.61. The van der Waals surface area contributed by atoms with Gasteiger partial charge in [0.05, 0.1) is 19.5 Å². The summed E-state index contributed by atoms with van der Waals surface area (Å²) in [4.78, 5) is 56.7. The molecule has 2 aromatic heterocycles. The van der Waals surface area contributed by atoms with Crippen molar-refractivity contribution in [2.24, 2.45) is 58.0 Å². The van der Waals surface area contributed by atoms with E-state index in [-0.39, 0.29) is 29.0 Å². The average molecular weight is 1050 g/mol. The molecule has 22 nitrogen and oxygen atoms in total. The average Bonchev–Trinajstić information content (AvgIpc) is 4.07. The summed E-state index contributed by atoms with van der Waals surface area (Å²) < 4.78 is 50.8. The van der Waals surface area contributed by atoms with Crippen molar-refractivity contribution in [2.45, 2.75) is 167 Å². The van der Waals surface area contributed by atoms with Gasteiger partial charge < -0.3 is 56.1 Å². The van der Waals surface area contributed by atoms with Gasteiger partial charge in [-0.2, -0.15) is 4.31 Å². The highest BCUT2D eigenvalue weighted by atomic mass is 31.3. The van der Waals surface area contributed by atoms with E-state index in [9.17, 15) is 48.9 Å². The number of hydrogen-bond donors (Lipinski definition) is 8. The minimum atomic E-state index is -5.37. The van der Waals surface area contributed by atoms with E-state index in [1.165, 1.54) is 92.4 Å². The molecule has 6 fully saturated rings. The number of allylic oxidation sites excluding steroid dienone is 1. The second-order valence-corrected chi connectivity index (χ2v) is 25.3. The highest BCUT2D eigenvalue weighted by Crippen LogP contribution is 2.68. The number of rotatable bonds is 16. The number of aliphatic hydroxyl groups is 4. The number of hydrogen-bond acceptors (Lipinski definition) is 18. The monoisotopic (exact) mass is 1050 g/mol. The van der Waals surface area contributed by atoms with E-state index >= 15 is 0 Å². The predicted octanol–water partition coefficient (Wildman–Crippen LogP) is 4.99. The third kappa shape index (κ3) is 11.3. The van der Waals surface area contributed by atoms with Crippen molar-refractivity contribution in [1.29, 1.82) is 0 Å². The fourth-order valence-corrected chi connectivity index (χ4v) is 15.8. The first-order valence-electron chi connectivity index (χ1n) is 25.5. The molecule has 3 aliphatic heterocycles. The van der Waals surface area contributed by atoms with Gasteiger partial charge in [-0.25, -0.2) is 24.1 Å². The van der Waals surface area contributed by atoms with E-state index in [4.69, 9.17) is 30.0 Å². The van der Waals surface area contributed by atoms with Crippen LogP contribution in [0.1, 0.15) is 124 Å². The molecule has 2 saturated heterocycles. The number of fused-ring (bicyclic) bond motifs is 6. The number of imidazole rings is 1. The summed E-state index contributed by atoms with van der Waals surface area (Å²) in [6, 6.07) is 0. The Morgan fingerprint density at radius 2 is 1.51 bits per heavy atom. The molecule has 2 aromatic rings. The number of carbonyl (C=O) groups excluding carboxylic acids is 2. The SMILES string of the molecule is CC(C)CCC[C@@H](C)[C@H]1CC[C@H]2[C@@H]3CC[C@@H]4CC(=O)CC[C@]4(C)[C@H]3CC[C@]12C.NC(=O)C1=CN([C@@H]2O[C@H](COP(=O)(O)OP(=O)(O)OC[C@H]3O[C@@H](n4cnc5c(N)ncnc54)[C@H](O)[C@@H]3O)[C@@H](O)[C@H]2O)C=CC1.